The average Bonchev–Trinajstić information content (AvgIpc) is 2.78. The summed E-state index contributed by atoms with van der Waals surface area (Å²) >= 11 is 0. The molecule has 0 aromatic heterocycles. The van der Waals surface area contributed by atoms with E-state index in [1.165, 1.54) is 7.11 Å². The Kier molecular flexibility index (Phi) is 16.3. The molecule has 1 saturated carbocycles. The zero-order valence-electron chi connectivity index (χ0n) is 19.5. The number of hydrogen-bond donors (Lipinski definition) is 2. The van der Waals surface area contributed by atoms with E-state index >= 15 is 0 Å². The molecule has 0 bridgehead atoms. The lowest BCUT2D eigenvalue weighted by molar-refractivity contribution is -0.143. The molecule has 0 heterocycles. The molecule has 0 amide bonds. The predicted octanol–water partition coefficient (Wildman–Crippen LogP) is 2.61. The van der Waals surface area contributed by atoms with E-state index in [1.54, 1.807) is 6.92 Å². The molecule has 188 valence electrons. The minimum Gasteiger partial charge on any atom is -0.481 e. The van der Waals surface area contributed by atoms with Gasteiger partial charge in [0.15, 0.2) is 0 Å². The molecule has 0 saturated heterocycles. The molecule has 0 aromatic carbocycles. The molecule has 1 rings (SSSR count). The van der Waals surface area contributed by atoms with Crippen molar-refractivity contribution in [3.05, 3.63) is 24.3 Å². The van der Waals surface area contributed by atoms with Crippen molar-refractivity contribution < 1.29 is 48.3 Å². The van der Waals surface area contributed by atoms with Crippen molar-refractivity contribution in [2.24, 2.45) is 11.8 Å². The van der Waals surface area contributed by atoms with E-state index in [2.05, 4.69) is 17.9 Å². The summed E-state index contributed by atoms with van der Waals surface area (Å²) in [6, 6.07) is 0. The van der Waals surface area contributed by atoms with Crippen molar-refractivity contribution in [2.75, 3.05) is 40.1 Å². The van der Waals surface area contributed by atoms with Gasteiger partial charge in [0, 0.05) is 19.6 Å². The molecule has 0 radical (unpaired) electrons. The second kappa shape index (κ2) is 17.8. The van der Waals surface area contributed by atoms with E-state index in [0.29, 0.717) is 50.6 Å². The molecular weight excluding hydrogens is 436 g/mol. The van der Waals surface area contributed by atoms with Crippen LogP contribution in [0.25, 0.3) is 0 Å². The lowest BCUT2D eigenvalue weighted by Crippen LogP contribution is -2.24. The maximum Gasteiger partial charge on any atom is 0.335 e. The van der Waals surface area contributed by atoms with Gasteiger partial charge in [0.25, 0.3) is 0 Å². The number of methoxy groups -OCH3 is 1. The number of carbonyl (C=O) groups excluding carboxylic acids is 2. The Morgan fingerprint density at radius 2 is 1.48 bits per heavy atom. The van der Waals surface area contributed by atoms with Crippen LogP contribution in [0.1, 0.15) is 45.4 Å². The summed E-state index contributed by atoms with van der Waals surface area (Å²) in [4.78, 5) is 43.0. The van der Waals surface area contributed by atoms with E-state index in [0.717, 1.165) is 12.8 Å². The predicted molar refractivity (Wildman–Crippen MR) is 119 cm³/mol. The first kappa shape index (κ1) is 30.3. The number of esters is 2. The number of hydrogen-bond acceptors (Lipinski definition) is 8. The van der Waals surface area contributed by atoms with Crippen molar-refractivity contribution in [3.8, 4) is 0 Å². The summed E-state index contributed by atoms with van der Waals surface area (Å²) in [6.07, 6.45) is 3.63. The van der Waals surface area contributed by atoms with Crippen LogP contribution in [-0.2, 0) is 38.1 Å². The van der Waals surface area contributed by atoms with Gasteiger partial charge >= 0.3 is 23.9 Å². The van der Waals surface area contributed by atoms with E-state index < -0.39 is 23.9 Å². The van der Waals surface area contributed by atoms with Crippen LogP contribution in [-0.4, -0.2) is 74.2 Å². The van der Waals surface area contributed by atoms with Crippen LogP contribution in [0.3, 0.4) is 0 Å². The molecule has 10 nitrogen and oxygen atoms in total. The SMILES string of the molecule is C=C(COCC1CCC(C(=O)O)CC1)C(=O)OCC.C=C(COCCCC(=O)O)C(=O)OC. The van der Waals surface area contributed by atoms with E-state index in [-0.39, 0.29) is 31.1 Å². The van der Waals surface area contributed by atoms with Gasteiger partial charge in [0.05, 0.1) is 44.0 Å². The Morgan fingerprint density at radius 1 is 0.909 bits per heavy atom. The first-order valence-corrected chi connectivity index (χ1v) is 10.8. The lowest BCUT2D eigenvalue weighted by Gasteiger charge is -2.25. The third-order valence-electron chi connectivity index (χ3n) is 4.82. The van der Waals surface area contributed by atoms with Gasteiger partial charge in [-0.3, -0.25) is 9.59 Å². The largest absolute Gasteiger partial charge is 0.481 e. The van der Waals surface area contributed by atoms with Gasteiger partial charge in [0.2, 0.25) is 0 Å². The van der Waals surface area contributed by atoms with Gasteiger partial charge in [-0.05, 0) is 44.9 Å². The monoisotopic (exact) mass is 472 g/mol. The first-order valence-electron chi connectivity index (χ1n) is 10.8. The molecule has 2 N–H and O–H groups in total. The summed E-state index contributed by atoms with van der Waals surface area (Å²) in [5.74, 6) is -2.31. The fourth-order valence-corrected chi connectivity index (χ4v) is 2.94. The molecule has 1 fully saturated rings. The zero-order valence-corrected chi connectivity index (χ0v) is 19.5. The average molecular weight is 473 g/mol. The second-order valence-corrected chi connectivity index (χ2v) is 7.54. The van der Waals surface area contributed by atoms with Crippen molar-refractivity contribution in [1.29, 1.82) is 0 Å². The van der Waals surface area contributed by atoms with Crippen LogP contribution in [0.4, 0.5) is 0 Å². The fourth-order valence-electron chi connectivity index (χ4n) is 2.94. The van der Waals surface area contributed by atoms with Crippen LogP contribution in [0.5, 0.6) is 0 Å². The smallest absolute Gasteiger partial charge is 0.335 e. The Bertz CT molecular complexity index is 662. The standard InChI is InChI=1S/C14H22O5.C9H14O5/c1-3-19-14(17)10(2)8-18-9-11-4-6-12(7-5-11)13(15)16;1-7(9(12)13-2)6-14-5-3-4-8(10)11/h11-12H,2-9H2,1H3,(H,15,16);1,3-6H2,2H3,(H,10,11). The van der Waals surface area contributed by atoms with Crippen LogP contribution < -0.4 is 0 Å². The molecule has 0 atom stereocenters. The van der Waals surface area contributed by atoms with Gasteiger partial charge in [-0.1, -0.05) is 13.2 Å². The molecule has 0 aliphatic heterocycles. The number of carbonyl (C=O) groups is 4. The number of carboxylic acids is 2. The van der Waals surface area contributed by atoms with E-state index in [4.69, 9.17) is 24.4 Å². The van der Waals surface area contributed by atoms with Crippen molar-refractivity contribution in [2.45, 2.75) is 45.4 Å². The van der Waals surface area contributed by atoms with Crippen LogP contribution in [0.15, 0.2) is 24.3 Å². The Labute approximate surface area is 194 Å². The highest BCUT2D eigenvalue weighted by atomic mass is 16.5. The lowest BCUT2D eigenvalue weighted by atomic mass is 9.82. The van der Waals surface area contributed by atoms with Crippen molar-refractivity contribution in [3.63, 3.8) is 0 Å². The number of aliphatic carboxylic acids is 2. The van der Waals surface area contributed by atoms with E-state index in [9.17, 15) is 19.2 Å². The number of rotatable bonds is 14. The van der Waals surface area contributed by atoms with Gasteiger partial charge in [-0.25, -0.2) is 9.59 Å². The normalized spacial score (nSPS) is 17.2. The number of ether oxygens (including phenoxy) is 4. The number of carboxylic acid groups (broad SMARTS) is 2. The van der Waals surface area contributed by atoms with Gasteiger partial charge < -0.3 is 29.2 Å². The fraction of sp³-hybridized carbons (Fsp3) is 0.652. The Balaban J connectivity index is 0.000000653. The second-order valence-electron chi connectivity index (χ2n) is 7.54. The van der Waals surface area contributed by atoms with Crippen molar-refractivity contribution >= 4 is 23.9 Å². The van der Waals surface area contributed by atoms with Crippen LogP contribution in [0, 0.1) is 11.8 Å². The molecule has 0 aromatic rings. The maximum absolute atomic E-state index is 11.3. The zero-order chi connectivity index (χ0) is 25.2. The maximum atomic E-state index is 11.3. The molecule has 33 heavy (non-hydrogen) atoms. The summed E-state index contributed by atoms with van der Waals surface area (Å²) in [6.45, 7) is 10.2. The van der Waals surface area contributed by atoms with Gasteiger partial charge in [-0.15, -0.1) is 0 Å². The summed E-state index contributed by atoms with van der Waals surface area (Å²) in [5, 5.41) is 17.2. The van der Waals surface area contributed by atoms with E-state index in [1.807, 2.05) is 0 Å². The Morgan fingerprint density at radius 3 is 2.00 bits per heavy atom. The molecule has 1 aliphatic carbocycles. The first-order chi connectivity index (χ1) is 15.6. The van der Waals surface area contributed by atoms with Crippen LogP contribution in [0.2, 0.25) is 0 Å². The third kappa shape index (κ3) is 14.9. The summed E-state index contributed by atoms with van der Waals surface area (Å²) < 4.78 is 19.7. The highest BCUT2D eigenvalue weighted by Gasteiger charge is 2.26. The van der Waals surface area contributed by atoms with Crippen molar-refractivity contribution in [1.82, 2.24) is 0 Å². The van der Waals surface area contributed by atoms with Gasteiger partial charge in [-0.2, -0.15) is 0 Å². The molecule has 10 heteroatoms. The molecule has 0 unspecified atom stereocenters. The summed E-state index contributed by atoms with van der Waals surface area (Å²) in [5.41, 5.74) is 0.545. The molecule has 0 spiro atoms. The molecule has 1 aliphatic rings. The third-order valence-corrected chi connectivity index (χ3v) is 4.82. The minimum atomic E-state index is -0.861. The topological polar surface area (TPSA) is 146 Å². The quantitative estimate of drug-likeness (QED) is 0.220. The van der Waals surface area contributed by atoms with Gasteiger partial charge in [0.1, 0.15) is 0 Å². The highest BCUT2D eigenvalue weighted by Crippen LogP contribution is 2.29. The minimum absolute atomic E-state index is 0.0602. The highest BCUT2D eigenvalue weighted by molar-refractivity contribution is 5.88. The van der Waals surface area contributed by atoms with Crippen LogP contribution >= 0.6 is 0 Å². The Hall–Kier alpha value is -2.72. The summed E-state index contributed by atoms with van der Waals surface area (Å²) in [7, 11) is 1.26. The molecular formula is C23H36O10.